The lowest BCUT2D eigenvalue weighted by Gasteiger charge is -2.30. The van der Waals surface area contributed by atoms with Crippen LogP contribution in [0.25, 0.3) is 0 Å². The average molecular weight is 306 g/mol. The zero-order valence-corrected chi connectivity index (χ0v) is 12.8. The maximum Gasteiger partial charge on any atom is 0.308 e. The van der Waals surface area contributed by atoms with E-state index < -0.39 is 5.79 Å². The molecular formula is C16H18O6. The molecule has 4 rings (SSSR count). The van der Waals surface area contributed by atoms with E-state index in [2.05, 4.69) is 0 Å². The summed E-state index contributed by atoms with van der Waals surface area (Å²) in [6.07, 6.45) is 0.656. The molecule has 0 saturated carbocycles. The molecule has 1 aromatic rings. The fourth-order valence-corrected chi connectivity index (χ4v) is 3.73. The SMILES string of the molecule is COc1cc(OC)c2c(c1)O[C@@H]1[C@H]3CC(=O)O[C@@]3(C)O[C@@H]1C2. The quantitative estimate of drug-likeness (QED) is 0.775. The number of hydrogen-bond donors (Lipinski definition) is 0. The number of rotatable bonds is 2. The summed E-state index contributed by atoms with van der Waals surface area (Å²) in [7, 11) is 3.22. The van der Waals surface area contributed by atoms with Gasteiger partial charge >= 0.3 is 5.97 Å². The summed E-state index contributed by atoms with van der Waals surface area (Å²) < 4.78 is 28.3. The predicted octanol–water partition coefficient (Wildman–Crippen LogP) is 1.69. The highest BCUT2D eigenvalue weighted by atomic mass is 16.7. The molecule has 0 spiro atoms. The maximum atomic E-state index is 11.6. The second-order valence-corrected chi connectivity index (χ2v) is 6.05. The Hall–Kier alpha value is -1.95. The fourth-order valence-electron chi connectivity index (χ4n) is 3.73. The third-order valence-electron chi connectivity index (χ3n) is 4.79. The van der Waals surface area contributed by atoms with Crippen LogP contribution < -0.4 is 14.2 Å². The van der Waals surface area contributed by atoms with Crippen molar-refractivity contribution in [2.75, 3.05) is 14.2 Å². The maximum absolute atomic E-state index is 11.6. The third-order valence-corrected chi connectivity index (χ3v) is 4.79. The monoisotopic (exact) mass is 306 g/mol. The highest BCUT2D eigenvalue weighted by molar-refractivity contribution is 5.73. The highest BCUT2D eigenvalue weighted by Gasteiger charge is 2.61. The van der Waals surface area contributed by atoms with Crippen molar-refractivity contribution in [1.29, 1.82) is 0 Å². The summed E-state index contributed by atoms with van der Waals surface area (Å²) in [6.45, 7) is 1.81. The number of ether oxygens (including phenoxy) is 5. The van der Waals surface area contributed by atoms with Gasteiger partial charge in [0, 0.05) is 31.0 Å². The minimum Gasteiger partial charge on any atom is -0.496 e. The molecule has 0 N–H and O–H groups in total. The molecule has 6 heteroatoms. The molecule has 0 unspecified atom stereocenters. The molecule has 0 bridgehead atoms. The molecule has 0 amide bonds. The van der Waals surface area contributed by atoms with E-state index in [-0.39, 0.29) is 24.1 Å². The number of carbonyl (C=O) groups is 1. The molecule has 0 radical (unpaired) electrons. The summed E-state index contributed by atoms with van der Waals surface area (Å²) in [4.78, 5) is 11.6. The lowest BCUT2D eigenvalue weighted by atomic mass is 9.89. The van der Waals surface area contributed by atoms with E-state index in [1.54, 1.807) is 14.2 Å². The Bertz CT molecular complexity index is 642. The number of hydrogen-bond acceptors (Lipinski definition) is 6. The van der Waals surface area contributed by atoms with Crippen LogP contribution in [0.15, 0.2) is 12.1 Å². The van der Waals surface area contributed by atoms with Crippen molar-refractivity contribution in [2.45, 2.75) is 37.8 Å². The van der Waals surface area contributed by atoms with Gasteiger partial charge in [-0.1, -0.05) is 0 Å². The van der Waals surface area contributed by atoms with Crippen molar-refractivity contribution in [1.82, 2.24) is 0 Å². The highest BCUT2D eigenvalue weighted by Crippen LogP contribution is 2.51. The van der Waals surface area contributed by atoms with Crippen LogP contribution in [0.3, 0.4) is 0 Å². The molecule has 2 saturated heterocycles. The van der Waals surface area contributed by atoms with E-state index >= 15 is 0 Å². The van der Waals surface area contributed by atoms with E-state index in [4.69, 9.17) is 23.7 Å². The Balaban J connectivity index is 1.72. The summed E-state index contributed by atoms with van der Waals surface area (Å²) in [5, 5.41) is 0. The molecule has 3 aliphatic heterocycles. The number of fused-ring (bicyclic) bond motifs is 4. The first-order valence-corrected chi connectivity index (χ1v) is 7.35. The minimum atomic E-state index is -0.883. The Kier molecular flexibility index (Phi) is 2.81. The third kappa shape index (κ3) is 1.80. The van der Waals surface area contributed by atoms with E-state index in [0.29, 0.717) is 18.6 Å². The summed E-state index contributed by atoms with van der Waals surface area (Å²) in [5.74, 6) is 0.917. The Morgan fingerprint density at radius 1 is 1.23 bits per heavy atom. The van der Waals surface area contributed by atoms with Gasteiger partial charge in [0.25, 0.3) is 0 Å². The molecule has 22 heavy (non-hydrogen) atoms. The van der Waals surface area contributed by atoms with Crippen LogP contribution in [0.4, 0.5) is 0 Å². The van der Waals surface area contributed by atoms with Gasteiger partial charge in [0.15, 0.2) is 0 Å². The van der Waals surface area contributed by atoms with Crippen LogP contribution in [-0.2, 0) is 20.7 Å². The van der Waals surface area contributed by atoms with Crippen molar-refractivity contribution < 1.29 is 28.5 Å². The van der Waals surface area contributed by atoms with Gasteiger partial charge in [-0.3, -0.25) is 4.79 Å². The van der Waals surface area contributed by atoms with E-state index in [1.165, 1.54) is 0 Å². The number of benzene rings is 1. The standard InChI is InChI=1S/C16H18O6/c1-16-10(7-14(17)22-16)15-13(21-16)6-9-11(19-3)4-8(18-2)5-12(9)20-15/h4-5,10,13,15H,6-7H2,1-3H3/t10-,13-,15-,16-/m1/s1. The molecule has 0 aromatic heterocycles. The second-order valence-electron chi connectivity index (χ2n) is 6.05. The Morgan fingerprint density at radius 2 is 2.05 bits per heavy atom. The second kappa shape index (κ2) is 4.52. The average Bonchev–Trinajstić information content (AvgIpc) is 2.92. The molecule has 3 aliphatic rings. The summed E-state index contributed by atoms with van der Waals surface area (Å²) >= 11 is 0. The molecule has 118 valence electrons. The van der Waals surface area contributed by atoms with Gasteiger partial charge < -0.3 is 23.7 Å². The van der Waals surface area contributed by atoms with Gasteiger partial charge in [-0.15, -0.1) is 0 Å². The van der Waals surface area contributed by atoms with E-state index in [0.717, 1.165) is 17.1 Å². The van der Waals surface area contributed by atoms with Crippen LogP contribution in [0, 0.1) is 5.92 Å². The zero-order chi connectivity index (χ0) is 15.5. The van der Waals surface area contributed by atoms with Crippen LogP contribution in [0.5, 0.6) is 17.2 Å². The molecule has 6 nitrogen and oxygen atoms in total. The van der Waals surface area contributed by atoms with Crippen molar-refractivity contribution in [2.24, 2.45) is 5.92 Å². The van der Waals surface area contributed by atoms with Gasteiger partial charge in [0.1, 0.15) is 29.5 Å². The van der Waals surface area contributed by atoms with Gasteiger partial charge in [-0.25, -0.2) is 0 Å². The number of carbonyl (C=O) groups excluding carboxylic acids is 1. The van der Waals surface area contributed by atoms with E-state index in [1.807, 2.05) is 19.1 Å². The van der Waals surface area contributed by atoms with Crippen LogP contribution >= 0.6 is 0 Å². The van der Waals surface area contributed by atoms with Crippen molar-refractivity contribution >= 4 is 5.97 Å². The van der Waals surface area contributed by atoms with Crippen molar-refractivity contribution in [3.63, 3.8) is 0 Å². The first kappa shape index (κ1) is 13.7. The van der Waals surface area contributed by atoms with Gasteiger partial charge in [-0.05, 0) is 0 Å². The van der Waals surface area contributed by atoms with Gasteiger partial charge in [0.2, 0.25) is 5.79 Å². The first-order chi connectivity index (χ1) is 10.5. The smallest absolute Gasteiger partial charge is 0.308 e. The molecule has 3 heterocycles. The number of esters is 1. The van der Waals surface area contributed by atoms with Crippen molar-refractivity contribution in [3.05, 3.63) is 17.7 Å². The Morgan fingerprint density at radius 3 is 2.77 bits per heavy atom. The van der Waals surface area contributed by atoms with Crippen molar-refractivity contribution in [3.8, 4) is 17.2 Å². The normalized spacial score (nSPS) is 35.0. The summed E-state index contributed by atoms with van der Waals surface area (Å²) in [6, 6.07) is 3.68. The predicted molar refractivity (Wildman–Crippen MR) is 75.1 cm³/mol. The Labute approximate surface area is 128 Å². The lowest BCUT2D eigenvalue weighted by molar-refractivity contribution is -0.206. The molecule has 4 atom stereocenters. The number of methoxy groups -OCH3 is 2. The van der Waals surface area contributed by atoms with Crippen LogP contribution in [-0.4, -0.2) is 38.2 Å². The molecule has 2 fully saturated rings. The lowest BCUT2D eigenvalue weighted by Crippen LogP contribution is -2.38. The fraction of sp³-hybridized carbons (Fsp3) is 0.562. The van der Waals surface area contributed by atoms with E-state index in [9.17, 15) is 4.79 Å². The minimum absolute atomic E-state index is 0.0876. The summed E-state index contributed by atoms with van der Waals surface area (Å²) in [5.41, 5.74) is 0.958. The molecule has 1 aromatic carbocycles. The zero-order valence-electron chi connectivity index (χ0n) is 12.8. The van der Waals surface area contributed by atoms with Gasteiger partial charge in [0.05, 0.1) is 26.6 Å². The molecule has 0 aliphatic carbocycles. The van der Waals surface area contributed by atoms with Crippen LogP contribution in [0.2, 0.25) is 0 Å². The van der Waals surface area contributed by atoms with Gasteiger partial charge in [-0.2, -0.15) is 0 Å². The topological polar surface area (TPSA) is 63.2 Å². The first-order valence-electron chi connectivity index (χ1n) is 7.35. The largest absolute Gasteiger partial charge is 0.496 e. The molecular weight excluding hydrogens is 288 g/mol. The van der Waals surface area contributed by atoms with Crippen LogP contribution in [0.1, 0.15) is 18.9 Å².